The number of halogens is 2. The molecule has 0 atom stereocenters. The van der Waals surface area contributed by atoms with E-state index >= 15 is 0 Å². The SMILES string of the molecule is Fc1ccc(-c2noc(NC3CC3)n2)c(Br)c1. The van der Waals surface area contributed by atoms with Gasteiger partial charge in [0.2, 0.25) is 5.82 Å². The van der Waals surface area contributed by atoms with Gasteiger partial charge in [-0.1, -0.05) is 5.16 Å². The maximum atomic E-state index is 12.9. The van der Waals surface area contributed by atoms with Crippen molar-refractivity contribution in [1.29, 1.82) is 0 Å². The van der Waals surface area contributed by atoms with Crippen LogP contribution in [0.5, 0.6) is 0 Å². The third-order valence-electron chi connectivity index (χ3n) is 2.50. The van der Waals surface area contributed by atoms with Crippen molar-refractivity contribution in [3.8, 4) is 11.4 Å². The summed E-state index contributed by atoms with van der Waals surface area (Å²) in [4.78, 5) is 4.21. The Labute approximate surface area is 105 Å². The fourth-order valence-electron chi connectivity index (χ4n) is 1.46. The molecule has 2 aromatic rings. The summed E-state index contributed by atoms with van der Waals surface area (Å²) in [5, 5.41) is 6.96. The molecular weight excluding hydrogens is 289 g/mol. The lowest BCUT2D eigenvalue weighted by Crippen LogP contribution is -2.00. The van der Waals surface area contributed by atoms with Crippen LogP contribution in [0.3, 0.4) is 0 Å². The van der Waals surface area contributed by atoms with Crippen LogP contribution in [0.4, 0.5) is 10.4 Å². The van der Waals surface area contributed by atoms with Crippen LogP contribution in [0.2, 0.25) is 0 Å². The monoisotopic (exact) mass is 297 g/mol. The highest BCUT2D eigenvalue weighted by Gasteiger charge is 2.23. The molecule has 88 valence electrons. The van der Waals surface area contributed by atoms with E-state index < -0.39 is 0 Å². The summed E-state index contributed by atoms with van der Waals surface area (Å²) in [6, 6.07) is 5.23. The first kappa shape index (κ1) is 10.7. The third kappa shape index (κ3) is 2.31. The maximum absolute atomic E-state index is 12.9. The molecule has 1 fully saturated rings. The molecule has 1 saturated carbocycles. The Bertz CT molecular complexity index is 553. The molecular formula is C11H9BrFN3O. The number of nitrogens with one attached hydrogen (secondary N) is 1. The highest BCUT2D eigenvalue weighted by atomic mass is 79.9. The Kier molecular flexibility index (Phi) is 2.58. The zero-order valence-electron chi connectivity index (χ0n) is 8.78. The number of hydrogen-bond donors (Lipinski definition) is 1. The molecule has 1 aromatic carbocycles. The summed E-state index contributed by atoms with van der Waals surface area (Å²) in [6.45, 7) is 0. The topological polar surface area (TPSA) is 51.0 Å². The van der Waals surface area contributed by atoms with Crippen molar-refractivity contribution in [3.05, 3.63) is 28.5 Å². The van der Waals surface area contributed by atoms with Crippen molar-refractivity contribution in [3.63, 3.8) is 0 Å². The van der Waals surface area contributed by atoms with Gasteiger partial charge in [0.15, 0.2) is 0 Å². The van der Waals surface area contributed by atoms with Crippen LogP contribution in [0.1, 0.15) is 12.8 Å². The molecule has 0 unspecified atom stereocenters. The smallest absolute Gasteiger partial charge is 0.322 e. The lowest BCUT2D eigenvalue weighted by Gasteiger charge is -1.98. The van der Waals surface area contributed by atoms with E-state index in [9.17, 15) is 4.39 Å². The molecule has 1 heterocycles. The minimum atomic E-state index is -0.305. The van der Waals surface area contributed by atoms with Crippen LogP contribution in [0.25, 0.3) is 11.4 Å². The molecule has 1 aliphatic carbocycles. The average Bonchev–Trinajstić information content (AvgIpc) is 2.96. The van der Waals surface area contributed by atoms with Gasteiger partial charge >= 0.3 is 6.01 Å². The van der Waals surface area contributed by atoms with Crippen molar-refractivity contribution in [2.45, 2.75) is 18.9 Å². The van der Waals surface area contributed by atoms with Gasteiger partial charge in [-0.3, -0.25) is 0 Å². The Morgan fingerprint density at radius 2 is 2.24 bits per heavy atom. The first-order chi connectivity index (χ1) is 8.22. The minimum Gasteiger partial charge on any atom is -0.335 e. The van der Waals surface area contributed by atoms with Crippen molar-refractivity contribution in [1.82, 2.24) is 10.1 Å². The first-order valence-electron chi connectivity index (χ1n) is 5.28. The number of benzene rings is 1. The van der Waals surface area contributed by atoms with Crippen molar-refractivity contribution < 1.29 is 8.91 Å². The largest absolute Gasteiger partial charge is 0.335 e. The number of aromatic nitrogens is 2. The summed E-state index contributed by atoms with van der Waals surface area (Å²) < 4.78 is 18.6. The average molecular weight is 298 g/mol. The van der Waals surface area contributed by atoms with E-state index in [-0.39, 0.29) is 5.82 Å². The Morgan fingerprint density at radius 1 is 1.41 bits per heavy atom. The standard InChI is InChI=1S/C11H9BrFN3O/c12-9-5-6(13)1-4-8(9)10-15-11(17-16-10)14-7-2-3-7/h1,4-5,7H,2-3H2,(H,14,15,16). The lowest BCUT2D eigenvalue weighted by atomic mass is 10.2. The minimum absolute atomic E-state index is 0.305. The summed E-state index contributed by atoms with van der Waals surface area (Å²) in [7, 11) is 0. The van der Waals surface area contributed by atoms with Crippen LogP contribution in [0, 0.1) is 5.82 Å². The van der Waals surface area contributed by atoms with Gasteiger partial charge in [-0.2, -0.15) is 4.98 Å². The van der Waals surface area contributed by atoms with E-state index in [4.69, 9.17) is 4.52 Å². The molecule has 0 amide bonds. The van der Waals surface area contributed by atoms with Gasteiger partial charge in [-0.25, -0.2) is 4.39 Å². The van der Waals surface area contributed by atoms with E-state index in [1.54, 1.807) is 6.07 Å². The fourth-order valence-corrected chi connectivity index (χ4v) is 1.99. The summed E-state index contributed by atoms with van der Waals surface area (Å²) >= 11 is 3.27. The highest BCUT2D eigenvalue weighted by Crippen LogP contribution is 2.29. The van der Waals surface area contributed by atoms with Gasteiger partial charge in [-0.05, 0) is 47.0 Å². The fraction of sp³-hybridized carbons (Fsp3) is 0.273. The van der Waals surface area contributed by atoms with Gasteiger partial charge < -0.3 is 9.84 Å². The Balaban J connectivity index is 1.89. The predicted octanol–water partition coefficient (Wildman–Crippen LogP) is 3.21. The zero-order valence-corrected chi connectivity index (χ0v) is 10.4. The molecule has 1 N–H and O–H groups in total. The quantitative estimate of drug-likeness (QED) is 0.945. The van der Waals surface area contributed by atoms with Crippen LogP contribution in [0.15, 0.2) is 27.2 Å². The number of rotatable bonds is 3. The molecule has 0 aliphatic heterocycles. The normalized spacial score (nSPS) is 14.9. The molecule has 3 rings (SSSR count). The molecule has 0 spiro atoms. The molecule has 1 aliphatic rings. The number of anilines is 1. The van der Waals surface area contributed by atoms with E-state index in [0.717, 1.165) is 12.8 Å². The van der Waals surface area contributed by atoms with Gasteiger partial charge in [-0.15, -0.1) is 0 Å². The second-order valence-electron chi connectivity index (χ2n) is 3.97. The Morgan fingerprint density at radius 3 is 2.94 bits per heavy atom. The highest BCUT2D eigenvalue weighted by molar-refractivity contribution is 9.10. The van der Waals surface area contributed by atoms with Crippen molar-refractivity contribution >= 4 is 21.9 Å². The maximum Gasteiger partial charge on any atom is 0.322 e. The second kappa shape index (κ2) is 4.10. The van der Waals surface area contributed by atoms with Gasteiger partial charge in [0.25, 0.3) is 0 Å². The molecule has 4 nitrogen and oxygen atoms in total. The van der Waals surface area contributed by atoms with Crippen molar-refractivity contribution in [2.24, 2.45) is 0 Å². The first-order valence-corrected chi connectivity index (χ1v) is 6.07. The van der Waals surface area contributed by atoms with E-state index in [1.165, 1.54) is 12.1 Å². The summed E-state index contributed by atoms with van der Waals surface area (Å²) in [6.07, 6.45) is 2.27. The molecule has 0 bridgehead atoms. The molecule has 1 aromatic heterocycles. The predicted molar refractivity (Wildman–Crippen MR) is 64.0 cm³/mol. The molecule has 0 saturated heterocycles. The summed E-state index contributed by atoms with van der Waals surface area (Å²) in [5.41, 5.74) is 0.707. The van der Waals surface area contributed by atoms with Crippen LogP contribution in [-0.4, -0.2) is 16.2 Å². The van der Waals surface area contributed by atoms with Gasteiger partial charge in [0.05, 0.1) is 0 Å². The molecule has 0 radical (unpaired) electrons. The van der Waals surface area contributed by atoms with Crippen LogP contribution >= 0.6 is 15.9 Å². The summed E-state index contributed by atoms with van der Waals surface area (Å²) in [5.74, 6) is 0.139. The lowest BCUT2D eigenvalue weighted by molar-refractivity contribution is 0.432. The van der Waals surface area contributed by atoms with E-state index in [0.29, 0.717) is 27.9 Å². The van der Waals surface area contributed by atoms with Gasteiger partial charge in [0.1, 0.15) is 5.82 Å². The van der Waals surface area contributed by atoms with E-state index in [2.05, 4.69) is 31.4 Å². The molecule has 17 heavy (non-hydrogen) atoms. The Hall–Kier alpha value is -1.43. The van der Waals surface area contributed by atoms with E-state index in [1.807, 2.05) is 0 Å². The zero-order chi connectivity index (χ0) is 11.8. The molecule has 6 heteroatoms. The van der Waals surface area contributed by atoms with Crippen molar-refractivity contribution in [2.75, 3.05) is 5.32 Å². The number of nitrogens with zero attached hydrogens (tertiary/aromatic N) is 2. The third-order valence-corrected chi connectivity index (χ3v) is 3.16. The van der Waals surface area contributed by atoms with Gasteiger partial charge in [0, 0.05) is 16.1 Å². The van der Waals surface area contributed by atoms with Crippen LogP contribution < -0.4 is 5.32 Å². The second-order valence-corrected chi connectivity index (χ2v) is 4.82. The van der Waals surface area contributed by atoms with Crippen LogP contribution in [-0.2, 0) is 0 Å². The number of hydrogen-bond acceptors (Lipinski definition) is 4.